The van der Waals surface area contributed by atoms with Gasteiger partial charge in [-0.05, 0) is 20.8 Å². The highest BCUT2D eigenvalue weighted by atomic mass is 16.6. The quantitative estimate of drug-likeness (QED) is 0.579. The van der Waals surface area contributed by atoms with Crippen molar-refractivity contribution in [1.29, 1.82) is 0 Å². The van der Waals surface area contributed by atoms with E-state index in [1.807, 2.05) is 39.0 Å². The fourth-order valence-electron chi connectivity index (χ4n) is 0.835. The van der Waals surface area contributed by atoms with Gasteiger partial charge in [0.05, 0.1) is 18.8 Å². The van der Waals surface area contributed by atoms with Crippen LogP contribution >= 0.6 is 0 Å². The van der Waals surface area contributed by atoms with Crippen molar-refractivity contribution in [1.82, 2.24) is 0 Å². The Balaban J connectivity index is 3.82. The Morgan fingerprint density at radius 3 is 1.67 bits per heavy atom. The molecule has 0 bridgehead atoms. The molecule has 86 valence electrons. The average Bonchev–Trinajstić information content (AvgIpc) is 2.25. The molecule has 0 spiro atoms. The van der Waals surface area contributed by atoms with E-state index in [-0.39, 0.29) is 6.10 Å². The van der Waals surface area contributed by atoms with Crippen molar-refractivity contribution in [3.63, 3.8) is 0 Å². The third kappa shape index (κ3) is 8.94. The minimum absolute atomic E-state index is 0.0893. The van der Waals surface area contributed by atoms with Crippen molar-refractivity contribution >= 4 is 0 Å². The lowest BCUT2D eigenvalue weighted by Crippen LogP contribution is -2.21. The summed E-state index contributed by atoms with van der Waals surface area (Å²) in [6.07, 6.45) is 10.3. The maximum atomic E-state index is 5.39. The zero-order valence-corrected chi connectivity index (χ0v) is 9.68. The number of allylic oxidation sites excluding steroid dienone is 3. The van der Waals surface area contributed by atoms with E-state index in [1.165, 1.54) is 0 Å². The van der Waals surface area contributed by atoms with Gasteiger partial charge in [-0.2, -0.15) is 0 Å². The van der Waals surface area contributed by atoms with Crippen molar-refractivity contribution in [3.05, 3.63) is 37.0 Å². The van der Waals surface area contributed by atoms with Crippen molar-refractivity contribution in [2.75, 3.05) is 13.2 Å². The molecular formula is C12H20O3. The molecule has 0 fully saturated rings. The molecule has 0 aromatic heterocycles. The Morgan fingerprint density at radius 2 is 1.27 bits per heavy atom. The highest BCUT2D eigenvalue weighted by Gasteiger charge is 2.07. The maximum Gasteiger partial charge on any atom is 0.165 e. The summed E-state index contributed by atoms with van der Waals surface area (Å²) >= 11 is 0. The van der Waals surface area contributed by atoms with E-state index < -0.39 is 0 Å². The summed E-state index contributed by atoms with van der Waals surface area (Å²) in [5.41, 5.74) is 0. The second-order valence-corrected chi connectivity index (χ2v) is 2.83. The van der Waals surface area contributed by atoms with Crippen LogP contribution in [0.25, 0.3) is 0 Å². The molecule has 0 amide bonds. The lowest BCUT2D eigenvalue weighted by Gasteiger charge is -2.15. The van der Waals surface area contributed by atoms with E-state index in [9.17, 15) is 0 Å². The van der Waals surface area contributed by atoms with Gasteiger partial charge in [-0.15, -0.1) is 0 Å². The van der Waals surface area contributed by atoms with Gasteiger partial charge in [0.25, 0.3) is 0 Å². The first-order valence-corrected chi connectivity index (χ1v) is 5.07. The van der Waals surface area contributed by atoms with E-state index in [4.69, 9.17) is 14.2 Å². The molecule has 0 aliphatic rings. The van der Waals surface area contributed by atoms with Crippen molar-refractivity contribution in [3.8, 4) is 0 Å². The maximum absolute atomic E-state index is 5.39. The van der Waals surface area contributed by atoms with Gasteiger partial charge >= 0.3 is 0 Å². The first kappa shape index (κ1) is 13.6. The van der Waals surface area contributed by atoms with E-state index >= 15 is 0 Å². The fraction of sp³-hybridized carbons (Fsp3) is 0.500. The zero-order chi connectivity index (χ0) is 11.4. The van der Waals surface area contributed by atoms with Crippen LogP contribution in [0.5, 0.6) is 0 Å². The summed E-state index contributed by atoms with van der Waals surface area (Å²) in [5.74, 6) is 0. The molecule has 15 heavy (non-hydrogen) atoms. The summed E-state index contributed by atoms with van der Waals surface area (Å²) in [7, 11) is 0. The van der Waals surface area contributed by atoms with E-state index in [0.29, 0.717) is 13.2 Å². The molecule has 0 rings (SSSR count). The molecule has 0 heterocycles. The Morgan fingerprint density at radius 1 is 0.800 bits per heavy atom. The van der Waals surface area contributed by atoms with E-state index in [1.54, 1.807) is 18.8 Å². The van der Waals surface area contributed by atoms with Crippen molar-refractivity contribution in [2.24, 2.45) is 0 Å². The lowest BCUT2D eigenvalue weighted by molar-refractivity contribution is 0.0209. The van der Waals surface area contributed by atoms with Crippen LogP contribution in [-0.4, -0.2) is 19.3 Å². The molecule has 3 nitrogen and oxygen atoms in total. The molecule has 0 saturated carbocycles. The molecule has 0 unspecified atom stereocenters. The Bertz CT molecular complexity index is 191. The Hall–Kier alpha value is -1.38. The average molecular weight is 212 g/mol. The molecule has 0 aliphatic carbocycles. The lowest BCUT2D eigenvalue weighted by atomic mass is 10.4. The molecule has 0 N–H and O–H groups in total. The van der Waals surface area contributed by atoms with Crippen LogP contribution in [0.15, 0.2) is 37.0 Å². The van der Waals surface area contributed by atoms with Gasteiger partial charge < -0.3 is 14.2 Å². The third-order valence-electron chi connectivity index (χ3n) is 1.44. The van der Waals surface area contributed by atoms with Crippen LogP contribution in [0, 0.1) is 0 Å². The SMILES string of the molecule is C/C=C/OCC(CO/C=C/C)O/C=C/C. The minimum atomic E-state index is -0.0893. The van der Waals surface area contributed by atoms with Gasteiger partial charge in [0, 0.05) is 0 Å². The number of ether oxygens (including phenoxy) is 3. The second kappa shape index (κ2) is 10.7. The van der Waals surface area contributed by atoms with Gasteiger partial charge in [-0.3, -0.25) is 0 Å². The van der Waals surface area contributed by atoms with E-state index in [0.717, 1.165) is 0 Å². The van der Waals surface area contributed by atoms with E-state index in [2.05, 4.69) is 0 Å². The number of hydrogen-bond acceptors (Lipinski definition) is 3. The minimum Gasteiger partial charge on any atom is -0.498 e. The van der Waals surface area contributed by atoms with Crippen molar-refractivity contribution < 1.29 is 14.2 Å². The topological polar surface area (TPSA) is 27.7 Å². The fourth-order valence-corrected chi connectivity index (χ4v) is 0.835. The van der Waals surface area contributed by atoms with Gasteiger partial charge in [-0.25, -0.2) is 0 Å². The largest absolute Gasteiger partial charge is 0.498 e. The van der Waals surface area contributed by atoms with Crippen LogP contribution in [0.1, 0.15) is 20.8 Å². The molecule has 0 saturated heterocycles. The van der Waals surface area contributed by atoms with Gasteiger partial charge in [0.2, 0.25) is 0 Å². The van der Waals surface area contributed by atoms with Crippen LogP contribution in [0.2, 0.25) is 0 Å². The van der Waals surface area contributed by atoms with Gasteiger partial charge in [0.15, 0.2) is 6.10 Å². The highest BCUT2D eigenvalue weighted by molar-refractivity contribution is 4.73. The number of rotatable bonds is 8. The molecule has 3 heteroatoms. The number of hydrogen-bond donors (Lipinski definition) is 0. The Labute approximate surface area is 92.0 Å². The molecular weight excluding hydrogens is 192 g/mol. The normalized spacial score (nSPS) is 12.0. The zero-order valence-electron chi connectivity index (χ0n) is 9.68. The predicted molar refractivity (Wildman–Crippen MR) is 61.2 cm³/mol. The highest BCUT2D eigenvalue weighted by Crippen LogP contribution is 1.97. The first-order valence-electron chi connectivity index (χ1n) is 5.07. The molecule has 0 aliphatic heterocycles. The van der Waals surface area contributed by atoms with Crippen LogP contribution in [-0.2, 0) is 14.2 Å². The first-order chi connectivity index (χ1) is 7.35. The monoisotopic (exact) mass is 212 g/mol. The van der Waals surface area contributed by atoms with Crippen LogP contribution in [0.4, 0.5) is 0 Å². The van der Waals surface area contributed by atoms with Crippen LogP contribution < -0.4 is 0 Å². The molecule has 0 aromatic carbocycles. The van der Waals surface area contributed by atoms with Gasteiger partial charge in [0.1, 0.15) is 13.2 Å². The summed E-state index contributed by atoms with van der Waals surface area (Å²) in [6, 6.07) is 0. The summed E-state index contributed by atoms with van der Waals surface area (Å²) in [4.78, 5) is 0. The molecule has 0 radical (unpaired) electrons. The van der Waals surface area contributed by atoms with Crippen molar-refractivity contribution in [2.45, 2.75) is 26.9 Å². The smallest absolute Gasteiger partial charge is 0.165 e. The summed E-state index contributed by atoms with van der Waals surface area (Å²) in [5, 5.41) is 0. The second-order valence-electron chi connectivity index (χ2n) is 2.83. The summed E-state index contributed by atoms with van der Waals surface area (Å²) < 4.78 is 15.8. The summed E-state index contributed by atoms with van der Waals surface area (Å²) in [6.45, 7) is 6.66. The molecule has 0 atom stereocenters. The predicted octanol–water partition coefficient (Wildman–Crippen LogP) is 3.01. The van der Waals surface area contributed by atoms with Gasteiger partial charge in [-0.1, -0.05) is 18.2 Å². The molecule has 0 aromatic rings. The third-order valence-corrected chi connectivity index (χ3v) is 1.44. The standard InChI is InChI=1S/C12H20O3/c1-4-7-13-10-12(15-9-6-3)11-14-8-5-2/h4-9,12H,10-11H2,1-3H3/b7-4+,8-5+,9-6+. The Kier molecular flexibility index (Phi) is 9.71. The van der Waals surface area contributed by atoms with Crippen LogP contribution in [0.3, 0.4) is 0 Å².